The van der Waals surface area contributed by atoms with Gasteiger partial charge in [-0.1, -0.05) is 55.3 Å². The molecule has 0 aliphatic carbocycles. The molecule has 110 valence electrons. The van der Waals surface area contributed by atoms with Gasteiger partial charge in [0.15, 0.2) is 0 Å². The number of benzene rings is 2. The predicted molar refractivity (Wildman–Crippen MR) is 84.1 cm³/mol. The molecule has 2 rings (SSSR count). The summed E-state index contributed by atoms with van der Waals surface area (Å²) in [5.41, 5.74) is 1.48. The van der Waals surface area contributed by atoms with E-state index >= 15 is 0 Å². The highest BCUT2D eigenvalue weighted by Crippen LogP contribution is 2.25. The van der Waals surface area contributed by atoms with E-state index in [2.05, 4.69) is 5.32 Å². The standard InChI is InChI=1S/C17H17ClFNO/c1-2-6-14(12-7-4-3-5-8-12)17(21)20-13-9-10-16(19)15(18)11-13/h3-5,7-11,14H,2,6H2,1H3,(H,20,21). The lowest BCUT2D eigenvalue weighted by Gasteiger charge is -2.16. The van der Waals surface area contributed by atoms with E-state index in [9.17, 15) is 9.18 Å². The second-order valence-corrected chi connectivity index (χ2v) is 5.28. The molecule has 0 aliphatic rings. The molecule has 4 heteroatoms. The van der Waals surface area contributed by atoms with Crippen molar-refractivity contribution in [2.24, 2.45) is 0 Å². The molecule has 0 aromatic heterocycles. The molecule has 0 aliphatic heterocycles. The summed E-state index contributed by atoms with van der Waals surface area (Å²) in [6.07, 6.45) is 1.65. The Kier molecular flexibility index (Phi) is 5.34. The van der Waals surface area contributed by atoms with Gasteiger partial charge in [0, 0.05) is 5.69 Å². The van der Waals surface area contributed by atoms with Crippen LogP contribution in [0.25, 0.3) is 0 Å². The molecule has 2 nitrogen and oxygen atoms in total. The third-order valence-electron chi connectivity index (χ3n) is 3.28. The van der Waals surface area contributed by atoms with Crippen molar-refractivity contribution >= 4 is 23.2 Å². The van der Waals surface area contributed by atoms with Crippen LogP contribution in [0.3, 0.4) is 0 Å². The van der Waals surface area contributed by atoms with E-state index in [1.807, 2.05) is 37.3 Å². The minimum Gasteiger partial charge on any atom is -0.326 e. The van der Waals surface area contributed by atoms with Crippen LogP contribution in [0.5, 0.6) is 0 Å². The summed E-state index contributed by atoms with van der Waals surface area (Å²) in [6.45, 7) is 2.04. The zero-order valence-electron chi connectivity index (χ0n) is 11.8. The largest absolute Gasteiger partial charge is 0.326 e. The van der Waals surface area contributed by atoms with Crippen molar-refractivity contribution in [1.82, 2.24) is 0 Å². The molecule has 0 bridgehead atoms. The molecule has 2 aromatic carbocycles. The van der Waals surface area contributed by atoms with E-state index in [0.717, 1.165) is 18.4 Å². The molecule has 2 aromatic rings. The Hall–Kier alpha value is -1.87. The molecular weight excluding hydrogens is 289 g/mol. The van der Waals surface area contributed by atoms with E-state index in [0.29, 0.717) is 5.69 Å². The maximum atomic E-state index is 13.1. The van der Waals surface area contributed by atoms with Crippen molar-refractivity contribution in [3.63, 3.8) is 0 Å². The van der Waals surface area contributed by atoms with Crippen LogP contribution in [0.15, 0.2) is 48.5 Å². The van der Waals surface area contributed by atoms with Crippen LogP contribution in [0.2, 0.25) is 5.02 Å². The quantitative estimate of drug-likeness (QED) is 0.827. The maximum Gasteiger partial charge on any atom is 0.231 e. The zero-order chi connectivity index (χ0) is 15.2. The Labute approximate surface area is 128 Å². The highest BCUT2D eigenvalue weighted by Gasteiger charge is 2.19. The predicted octanol–water partition coefficient (Wildman–Crippen LogP) is 5.00. The van der Waals surface area contributed by atoms with Crippen LogP contribution in [0.1, 0.15) is 31.2 Å². The molecule has 1 unspecified atom stereocenters. The third kappa shape index (κ3) is 4.05. The number of rotatable bonds is 5. The van der Waals surface area contributed by atoms with Gasteiger partial charge in [-0.15, -0.1) is 0 Å². The summed E-state index contributed by atoms with van der Waals surface area (Å²) < 4.78 is 13.1. The van der Waals surface area contributed by atoms with Gasteiger partial charge in [0.2, 0.25) is 5.91 Å². The van der Waals surface area contributed by atoms with Gasteiger partial charge < -0.3 is 5.32 Å². The monoisotopic (exact) mass is 305 g/mol. The number of nitrogens with one attached hydrogen (secondary N) is 1. The van der Waals surface area contributed by atoms with Crippen LogP contribution in [-0.4, -0.2) is 5.91 Å². The first-order chi connectivity index (χ1) is 10.1. The maximum absolute atomic E-state index is 13.1. The fourth-order valence-corrected chi connectivity index (χ4v) is 2.41. The number of hydrogen-bond donors (Lipinski definition) is 1. The van der Waals surface area contributed by atoms with E-state index in [1.165, 1.54) is 18.2 Å². The van der Waals surface area contributed by atoms with Crippen molar-refractivity contribution in [3.8, 4) is 0 Å². The molecule has 1 N–H and O–H groups in total. The molecular formula is C17H17ClFNO. The van der Waals surface area contributed by atoms with Gasteiger partial charge in [-0.25, -0.2) is 4.39 Å². The average molecular weight is 306 g/mol. The molecule has 0 radical (unpaired) electrons. The van der Waals surface area contributed by atoms with Gasteiger partial charge in [0.25, 0.3) is 0 Å². The highest BCUT2D eigenvalue weighted by atomic mass is 35.5. The number of carbonyl (C=O) groups is 1. The zero-order valence-corrected chi connectivity index (χ0v) is 12.5. The Morgan fingerprint density at radius 3 is 2.57 bits per heavy atom. The first kappa shape index (κ1) is 15.5. The van der Waals surface area contributed by atoms with Crippen LogP contribution < -0.4 is 5.32 Å². The summed E-state index contributed by atoms with van der Waals surface area (Å²) >= 11 is 5.73. The number of amides is 1. The first-order valence-corrected chi connectivity index (χ1v) is 7.30. The first-order valence-electron chi connectivity index (χ1n) is 6.92. The fourth-order valence-electron chi connectivity index (χ4n) is 2.23. The highest BCUT2D eigenvalue weighted by molar-refractivity contribution is 6.31. The normalized spacial score (nSPS) is 12.0. The lowest BCUT2D eigenvalue weighted by atomic mass is 9.93. The summed E-state index contributed by atoms with van der Waals surface area (Å²) in [7, 11) is 0. The van der Waals surface area contributed by atoms with Crippen molar-refractivity contribution < 1.29 is 9.18 Å². The van der Waals surface area contributed by atoms with Crippen LogP contribution >= 0.6 is 11.6 Å². The Balaban J connectivity index is 2.17. The number of halogens is 2. The van der Waals surface area contributed by atoms with Gasteiger partial charge in [0.1, 0.15) is 5.82 Å². The van der Waals surface area contributed by atoms with E-state index < -0.39 is 5.82 Å². The molecule has 21 heavy (non-hydrogen) atoms. The third-order valence-corrected chi connectivity index (χ3v) is 3.57. The second kappa shape index (κ2) is 7.23. The number of carbonyl (C=O) groups excluding carboxylic acids is 1. The lowest BCUT2D eigenvalue weighted by molar-refractivity contribution is -0.117. The van der Waals surface area contributed by atoms with Gasteiger partial charge in [0.05, 0.1) is 10.9 Å². The Morgan fingerprint density at radius 1 is 1.24 bits per heavy atom. The Morgan fingerprint density at radius 2 is 1.95 bits per heavy atom. The average Bonchev–Trinajstić information content (AvgIpc) is 2.49. The molecule has 1 atom stereocenters. The van der Waals surface area contributed by atoms with Crippen LogP contribution in [0, 0.1) is 5.82 Å². The van der Waals surface area contributed by atoms with Gasteiger partial charge in [-0.3, -0.25) is 4.79 Å². The second-order valence-electron chi connectivity index (χ2n) is 4.87. The van der Waals surface area contributed by atoms with E-state index in [4.69, 9.17) is 11.6 Å². The van der Waals surface area contributed by atoms with Gasteiger partial charge >= 0.3 is 0 Å². The number of anilines is 1. The summed E-state index contributed by atoms with van der Waals surface area (Å²) in [5.74, 6) is -0.825. The fraction of sp³-hybridized carbons (Fsp3) is 0.235. The molecule has 0 heterocycles. The molecule has 0 saturated carbocycles. The minimum absolute atomic E-state index is 0.000414. The molecule has 1 amide bonds. The molecule has 0 saturated heterocycles. The van der Waals surface area contributed by atoms with Gasteiger partial charge in [-0.2, -0.15) is 0 Å². The van der Waals surface area contributed by atoms with Gasteiger partial charge in [-0.05, 0) is 30.2 Å². The smallest absolute Gasteiger partial charge is 0.231 e. The van der Waals surface area contributed by atoms with E-state index in [-0.39, 0.29) is 16.8 Å². The van der Waals surface area contributed by atoms with Crippen molar-refractivity contribution in [2.45, 2.75) is 25.7 Å². The topological polar surface area (TPSA) is 29.1 Å². The molecule has 0 fully saturated rings. The summed E-state index contributed by atoms with van der Waals surface area (Å²) in [4.78, 5) is 12.5. The SMILES string of the molecule is CCCC(C(=O)Nc1ccc(F)c(Cl)c1)c1ccccc1. The Bertz CT molecular complexity index is 615. The lowest BCUT2D eigenvalue weighted by Crippen LogP contribution is -2.21. The van der Waals surface area contributed by atoms with E-state index in [1.54, 1.807) is 0 Å². The van der Waals surface area contributed by atoms with Crippen LogP contribution in [0.4, 0.5) is 10.1 Å². The minimum atomic E-state index is -0.497. The van der Waals surface area contributed by atoms with Crippen molar-refractivity contribution in [2.75, 3.05) is 5.32 Å². The molecule has 0 spiro atoms. The number of hydrogen-bond acceptors (Lipinski definition) is 1. The summed E-state index contributed by atoms with van der Waals surface area (Å²) in [5, 5.41) is 2.80. The van der Waals surface area contributed by atoms with Crippen molar-refractivity contribution in [3.05, 3.63) is 64.9 Å². The summed E-state index contributed by atoms with van der Waals surface area (Å²) in [6, 6.07) is 13.8. The van der Waals surface area contributed by atoms with Crippen LogP contribution in [-0.2, 0) is 4.79 Å². The van der Waals surface area contributed by atoms with Crippen molar-refractivity contribution in [1.29, 1.82) is 0 Å².